The zero-order valence-electron chi connectivity index (χ0n) is 21.4. The van der Waals surface area contributed by atoms with Crippen LogP contribution in [-0.4, -0.2) is 40.3 Å². The third kappa shape index (κ3) is 3.36. The van der Waals surface area contributed by atoms with E-state index in [0.29, 0.717) is 41.9 Å². The van der Waals surface area contributed by atoms with E-state index in [-0.39, 0.29) is 60.5 Å². The average Bonchev–Trinajstić information content (AvgIpc) is 3.28. The number of cyclic esters (lactones) is 1. The van der Waals surface area contributed by atoms with Crippen LogP contribution in [0.25, 0.3) is 22.3 Å². The number of pyridine rings is 2. The van der Waals surface area contributed by atoms with Gasteiger partial charge in [-0.15, -0.1) is 0 Å². The number of carbonyl (C=O) groups is 2. The molecule has 1 unspecified atom stereocenters. The van der Waals surface area contributed by atoms with Crippen LogP contribution in [0.2, 0.25) is 0 Å². The van der Waals surface area contributed by atoms with Gasteiger partial charge in [0.05, 0.1) is 42.5 Å². The molecule has 10 heteroatoms. The zero-order valence-corrected chi connectivity index (χ0v) is 21.4. The molecule has 2 aromatic heterocycles. The van der Waals surface area contributed by atoms with Crippen molar-refractivity contribution < 1.29 is 28.6 Å². The van der Waals surface area contributed by atoms with Gasteiger partial charge in [-0.2, -0.15) is 0 Å². The van der Waals surface area contributed by atoms with E-state index in [1.807, 2.05) is 0 Å². The maximum absolute atomic E-state index is 15.0. The van der Waals surface area contributed by atoms with Gasteiger partial charge < -0.3 is 24.5 Å². The van der Waals surface area contributed by atoms with Crippen LogP contribution in [0.4, 0.5) is 4.39 Å². The number of aryl methyl sites for hydroxylation is 1. The van der Waals surface area contributed by atoms with E-state index < -0.39 is 11.6 Å². The van der Waals surface area contributed by atoms with Gasteiger partial charge in [0.1, 0.15) is 12.4 Å². The first-order chi connectivity index (χ1) is 18.2. The highest BCUT2D eigenvalue weighted by atomic mass is 19.1. The maximum Gasteiger partial charge on any atom is 0.343 e. The Balaban J connectivity index is 1.57. The molecular formula is C28H28FN3O6. The number of rotatable bonds is 5. The largest absolute Gasteiger partial charge is 0.469 e. The number of fused-ring (bicyclic) bond motifs is 5. The van der Waals surface area contributed by atoms with Crippen LogP contribution in [-0.2, 0) is 44.2 Å². The summed E-state index contributed by atoms with van der Waals surface area (Å²) in [4.78, 5) is 42.7. The Morgan fingerprint density at radius 1 is 1.32 bits per heavy atom. The van der Waals surface area contributed by atoms with Crippen molar-refractivity contribution in [1.82, 2.24) is 14.9 Å². The van der Waals surface area contributed by atoms with E-state index in [9.17, 15) is 23.9 Å². The van der Waals surface area contributed by atoms with Crippen LogP contribution >= 0.6 is 0 Å². The molecule has 0 bridgehead atoms. The van der Waals surface area contributed by atoms with Crippen molar-refractivity contribution >= 4 is 22.8 Å². The number of hydrogen-bond acceptors (Lipinski definition) is 8. The van der Waals surface area contributed by atoms with Crippen molar-refractivity contribution in [2.45, 2.75) is 64.3 Å². The molecule has 2 atom stereocenters. The molecule has 4 heterocycles. The molecule has 1 aromatic carbocycles. The lowest BCUT2D eigenvalue weighted by Crippen LogP contribution is -2.44. The molecule has 0 radical (unpaired) electrons. The number of aliphatic hydroxyl groups is 1. The summed E-state index contributed by atoms with van der Waals surface area (Å²) in [6.45, 7) is 3.86. The van der Waals surface area contributed by atoms with Gasteiger partial charge in [-0.3, -0.25) is 9.59 Å². The molecule has 0 spiro atoms. The number of hydrogen-bond donors (Lipinski definition) is 2. The highest BCUT2D eigenvalue weighted by Gasteiger charge is 2.45. The molecule has 3 aliphatic rings. The summed E-state index contributed by atoms with van der Waals surface area (Å²) in [7, 11) is 1.35. The van der Waals surface area contributed by atoms with Crippen molar-refractivity contribution in [3.05, 3.63) is 61.7 Å². The lowest BCUT2D eigenvalue weighted by molar-refractivity contribution is -0.172. The third-order valence-electron chi connectivity index (χ3n) is 8.33. The number of nitrogens with one attached hydrogen (secondary N) is 1. The Morgan fingerprint density at radius 2 is 2.11 bits per heavy atom. The van der Waals surface area contributed by atoms with Crippen molar-refractivity contribution in [2.24, 2.45) is 0 Å². The summed E-state index contributed by atoms with van der Waals surface area (Å²) in [6.07, 6.45) is 1.58. The monoisotopic (exact) mass is 521 g/mol. The van der Waals surface area contributed by atoms with Gasteiger partial charge >= 0.3 is 11.9 Å². The van der Waals surface area contributed by atoms with Crippen LogP contribution in [0.15, 0.2) is 16.9 Å². The molecule has 6 rings (SSSR count). The first kappa shape index (κ1) is 24.7. The van der Waals surface area contributed by atoms with E-state index in [4.69, 9.17) is 14.5 Å². The molecule has 198 valence electrons. The van der Waals surface area contributed by atoms with Crippen LogP contribution in [0.3, 0.4) is 0 Å². The molecular weight excluding hydrogens is 493 g/mol. The van der Waals surface area contributed by atoms with Crippen molar-refractivity contribution in [3.8, 4) is 11.4 Å². The van der Waals surface area contributed by atoms with Gasteiger partial charge in [-0.1, -0.05) is 6.92 Å². The van der Waals surface area contributed by atoms with Crippen molar-refractivity contribution in [3.63, 3.8) is 0 Å². The van der Waals surface area contributed by atoms with Crippen LogP contribution in [0, 0.1) is 12.7 Å². The van der Waals surface area contributed by atoms with Crippen LogP contribution in [0.5, 0.6) is 0 Å². The lowest BCUT2D eigenvalue weighted by Gasteiger charge is -2.31. The van der Waals surface area contributed by atoms with Gasteiger partial charge in [0, 0.05) is 35.2 Å². The number of aromatic nitrogens is 2. The van der Waals surface area contributed by atoms with E-state index in [1.54, 1.807) is 24.5 Å². The summed E-state index contributed by atoms with van der Waals surface area (Å²) >= 11 is 0. The first-order valence-corrected chi connectivity index (χ1v) is 12.8. The number of methoxy groups -OCH3 is 1. The van der Waals surface area contributed by atoms with Crippen LogP contribution in [0.1, 0.15) is 65.6 Å². The number of ether oxygens (including phenoxy) is 2. The first-order valence-electron chi connectivity index (χ1n) is 12.8. The quantitative estimate of drug-likeness (QED) is 0.385. The Bertz CT molecular complexity index is 1610. The van der Waals surface area contributed by atoms with E-state index >= 15 is 0 Å². The highest BCUT2D eigenvalue weighted by molar-refractivity contribution is 5.93. The predicted octanol–water partition coefficient (Wildman–Crippen LogP) is 2.67. The zero-order chi connectivity index (χ0) is 26.9. The molecule has 0 amide bonds. The molecule has 38 heavy (non-hydrogen) atoms. The summed E-state index contributed by atoms with van der Waals surface area (Å²) in [5.74, 6) is -1.44. The summed E-state index contributed by atoms with van der Waals surface area (Å²) in [6, 6.07) is 2.94. The van der Waals surface area contributed by atoms with Gasteiger partial charge in [0.25, 0.3) is 5.56 Å². The fourth-order valence-electron chi connectivity index (χ4n) is 6.21. The second kappa shape index (κ2) is 8.71. The fourth-order valence-corrected chi connectivity index (χ4v) is 6.21. The Morgan fingerprint density at radius 3 is 2.84 bits per heavy atom. The van der Waals surface area contributed by atoms with E-state index in [1.165, 1.54) is 13.2 Å². The maximum atomic E-state index is 15.0. The van der Waals surface area contributed by atoms with Crippen molar-refractivity contribution in [2.75, 3.05) is 13.7 Å². The number of esters is 2. The number of nitrogens with zero attached hydrogens (tertiary/aromatic N) is 2. The Kier molecular flexibility index (Phi) is 5.66. The van der Waals surface area contributed by atoms with Gasteiger partial charge in [0.2, 0.25) is 0 Å². The Labute approximate surface area is 217 Å². The molecule has 0 fully saturated rings. The molecule has 0 saturated carbocycles. The van der Waals surface area contributed by atoms with Gasteiger partial charge in [-0.05, 0) is 48.9 Å². The average molecular weight is 522 g/mol. The molecule has 0 saturated heterocycles. The smallest absolute Gasteiger partial charge is 0.343 e. The van der Waals surface area contributed by atoms with E-state index in [2.05, 4.69) is 5.32 Å². The second-order valence-electron chi connectivity index (χ2n) is 10.2. The minimum Gasteiger partial charge on any atom is -0.469 e. The number of carbonyl (C=O) groups excluding carboxylic acids is 2. The Hall–Kier alpha value is -3.63. The number of halogens is 1. The third-order valence-corrected chi connectivity index (χ3v) is 8.33. The topological polar surface area (TPSA) is 120 Å². The standard InChI is InChI=1S/C28H28FN3O6/c1-4-28(36)17-9-21-25-15(11-32(21)26(34)16(17)12-38-27(28)35)24-19(30-8-7-22(33)37-3)6-5-14-13(2)18(29)10-20(31-25)23(14)24/h9-10,19,30,36H,4-8,11-12H2,1-3H3/t19?,28-/m0/s1. The van der Waals surface area contributed by atoms with Gasteiger partial charge in [0.15, 0.2) is 5.60 Å². The molecule has 1 aliphatic carbocycles. The predicted molar refractivity (Wildman–Crippen MR) is 135 cm³/mol. The summed E-state index contributed by atoms with van der Waals surface area (Å²) in [5.41, 5.74) is 2.97. The second-order valence-corrected chi connectivity index (χ2v) is 10.2. The fraction of sp³-hybridized carbons (Fsp3) is 0.429. The minimum absolute atomic E-state index is 0.0466. The van der Waals surface area contributed by atoms with Gasteiger partial charge in [-0.25, -0.2) is 14.2 Å². The van der Waals surface area contributed by atoms with Crippen LogP contribution < -0.4 is 10.9 Å². The molecule has 2 N–H and O–H groups in total. The molecule has 3 aromatic rings. The SMILES string of the molecule is CC[C@@]1(O)C(=O)OCc2c1cc1n(c2=O)Cc2c-1nc1cc(F)c(C)c3c1c2C(NCCC(=O)OC)CC3. The molecule has 9 nitrogen and oxygen atoms in total. The summed E-state index contributed by atoms with van der Waals surface area (Å²) in [5, 5.41) is 15.5. The highest BCUT2D eigenvalue weighted by Crippen LogP contribution is 2.45. The number of benzene rings is 1. The molecule has 2 aliphatic heterocycles. The summed E-state index contributed by atoms with van der Waals surface area (Å²) < 4.78 is 26.5. The lowest BCUT2D eigenvalue weighted by atomic mass is 9.81. The normalized spacial score (nSPS) is 21.1. The van der Waals surface area contributed by atoms with E-state index in [0.717, 1.165) is 22.1 Å². The van der Waals surface area contributed by atoms with Crippen molar-refractivity contribution in [1.29, 1.82) is 0 Å². The minimum atomic E-state index is -1.93.